The number of hydrogen-bond acceptors (Lipinski definition) is 2. The van der Waals surface area contributed by atoms with Crippen molar-refractivity contribution in [1.82, 2.24) is 4.90 Å². The van der Waals surface area contributed by atoms with Crippen molar-refractivity contribution in [2.24, 2.45) is 11.1 Å². The predicted octanol–water partition coefficient (Wildman–Crippen LogP) is 2.93. The molecule has 1 aliphatic heterocycles. The summed E-state index contributed by atoms with van der Waals surface area (Å²) in [5, 5.41) is 0.818. The molecule has 2 rings (SSSR count). The Labute approximate surface area is 115 Å². The van der Waals surface area contributed by atoms with E-state index in [1.165, 1.54) is 12.0 Å². The van der Waals surface area contributed by atoms with Gasteiger partial charge in [-0.1, -0.05) is 30.7 Å². The zero-order chi connectivity index (χ0) is 11.6. The average Bonchev–Trinajstić information content (AvgIpc) is 2.61. The number of likely N-dealkylation sites (tertiary alicyclic amines) is 1. The largest absolute Gasteiger partial charge is 0.330 e. The van der Waals surface area contributed by atoms with Crippen molar-refractivity contribution >= 4 is 24.0 Å². The van der Waals surface area contributed by atoms with E-state index in [1.807, 2.05) is 18.2 Å². The molecule has 1 unspecified atom stereocenters. The van der Waals surface area contributed by atoms with Crippen LogP contribution in [0.3, 0.4) is 0 Å². The van der Waals surface area contributed by atoms with E-state index in [4.69, 9.17) is 17.3 Å². The molecule has 17 heavy (non-hydrogen) atoms. The summed E-state index contributed by atoms with van der Waals surface area (Å²) in [6.45, 7) is 6.26. The Morgan fingerprint density at radius 1 is 1.47 bits per heavy atom. The van der Waals surface area contributed by atoms with E-state index in [9.17, 15) is 0 Å². The van der Waals surface area contributed by atoms with Crippen molar-refractivity contribution in [3.8, 4) is 0 Å². The van der Waals surface area contributed by atoms with Crippen LogP contribution in [0.25, 0.3) is 0 Å². The molecule has 1 aromatic carbocycles. The van der Waals surface area contributed by atoms with Gasteiger partial charge in [0.15, 0.2) is 0 Å². The highest BCUT2D eigenvalue weighted by atomic mass is 35.5. The topological polar surface area (TPSA) is 29.3 Å². The lowest BCUT2D eigenvalue weighted by Crippen LogP contribution is -2.31. The Kier molecular flexibility index (Phi) is 5.26. The second-order valence-electron chi connectivity index (χ2n) is 5.11. The lowest BCUT2D eigenvalue weighted by Gasteiger charge is -2.22. The molecule has 2 N–H and O–H groups in total. The third kappa shape index (κ3) is 3.85. The van der Waals surface area contributed by atoms with Gasteiger partial charge < -0.3 is 5.73 Å². The molecule has 1 aliphatic rings. The smallest absolute Gasteiger partial charge is 0.0409 e. The molecule has 0 amide bonds. The molecule has 1 heterocycles. The van der Waals surface area contributed by atoms with Gasteiger partial charge in [0, 0.05) is 18.1 Å². The quantitative estimate of drug-likeness (QED) is 0.919. The highest BCUT2D eigenvalue weighted by Gasteiger charge is 2.32. The van der Waals surface area contributed by atoms with Gasteiger partial charge in [-0.15, -0.1) is 12.4 Å². The summed E-state index contributed by atoms with van der Waals surface area (Å²) in [4.78, 5) is 2.46. The van der Waals surface area contributed by atoms with Crippen LogP contribution in [0.15, 0.2) is 24.3 Å². The molecule has 2 nitrogen and oxygen atoms in total. The molecule has 0 spiro atoms. The fourth-order valence-corrected chi connectivity index (χ4v) is 2.53. The number of benzene rings is 1. The van der Waals surface area contributed by atoms with Crippen LogP contribution in [-0.2, 0) is 6.54 Å². The molecule has 1 fully saturated rings. The SMILES string of the molecule is CC1(CN)CCN(Cc2cccc(Cl)c2)C1.Cl. The number of halogens is 2. The normalized spacial score (nSPS) is 24.6. The third-order valence-corrected chi connectivity index (χ3v) is 3.66. The Morgan fingerprint density at radius 2 is 2.24 bits per heavy atom. The van der Waals surface area contributed by atoms with Crippen molar-refractivity contribution in [2.45, 2.75) is 19.9 Å². The first kappa shape index (κ1) is 14.8. The molecular formula is C13H20Cl2N2. The Hall–Kier alpha value is -0.280. The van der Waals surface area contributed by atoms with Crippen molar-refractivity contribution < 1.29 is 0 Å². The molecule has 0 aliphatic carbocycles. The second kappa shape index (κ2) is 6.05. The first-order valence-corrected chi connectivity index (χ1v) is 6.16. The first-order chi connectivity index (χ1) is 7.61. The van der Waals surface area contributed by atoms with E-state index < -0.39 is 0 Å². The van der Waals surface area contributed by atoms with Crippen LogP contribution in [0.2, 0.25) is 5.02 Å². The van der Waals surface area contributed by atoms with E-state index in [0.717, 1.165) is 31.2 Å². The van der Waals surface area contributed by atoms with Crippen LogP contribution in [0.5, 0.6) is 0 Å². The van der Waals surface area contributed by atoms with E-state index >= 15 is 0 Å². The van der Waals surface area contributed by atoms with Gasteiger partial charge in [-0.05, 0) is 42.6 Å². The molecule has 0 bridgehead atoms. The minimum Gasteiger partial charge on any atom is -0.330 e. The van der Waals surface area contributed by atoms with E-state index in [1.54, 1.807) is 0 Å². The van der Waals surface area contributed by atoms with Gasteiger partial charge in [-0.3, -0.25) is 4.90 Å². The highest BCUT2D eigenvalue weighted by Crippen LogP contribution is 2.29. The Bertz CT molecular complexity index is 370. The monoisotopic (exact) mass is 274 g/mol. The highest BCUT2D eigenvalue weighted by molar-refractivity contribution is 6.30. The average molecular weight is 275 g/mol. The van der Waals surface area contributed by atoms with Crippen LogP contribution in [0.1, 0.15) is 18.9 Å². The lowest BCUT2D eigenvalue weighted by molar-refractivity contribution is 0.274. The Morgan fingerprint density at radius 3 is 2.82 bits per heavy atom. The van der Waals surface area contributed by atoms with Gasteiger partial charge >= 0.3 is 0 Å². The van der Waals surface area contributed by atoms with Crippen LogP contribution in [-0.4, -0.2) is 24.5 Å². The summed E-state index contributed by atoms with van der Waals surface area (Å²) in [5.41, 5.74) is 7.39. The Balaban J connectivity index is 0.00000144. The molecule has 0 radical (unpaired) electrons. The summed E-state index contributed by atoms with van der Waals surface area (Å²) in [6, 6.07) is 8.10. The summed E-state index contributed by atoms with van der Waals surface area (Å²) in [5.74, 6) is 0. The van der Waals surface area contributed by atoms with Crippen LogP contribution >= 0.6 is 24.0 Å². The van der Waals surface area contributed by atoms with Crippen LogP contribution in [0, 0.1) is 5.41 Å². The fraction of sp³-hybridized carbons (Fsp3) is 0.538. The van der Waals surface area contributed by atoms with Crippen molar-refractivity contribution in [3.05, 3.63) is 34.9 Å². The standard InChI is InChI=1S/C13H19ClN2.ClH/c1-13(9-15)5-6-16(10-13)8-11-3-2-4-12(14)7-11;/h2-4,7H,5-6,8-10,15H2,1H3;1H. The number of hydrogen-bond donors (Lipinski definition) is 1. The number of nitrogens with zero attached hydrogens (tertiary/aromatic N) is 1. The molecule has 0 saturated carbocycles. The summed E-state index contributed by atoms with van der Waals surface area (Å²) in [7, 11) is 0. The van der Waals surface area contributed by atoms with E-state index in [2.05, 4.69) is 17.9 Å². The van der Waals surface area contributed by atoms with Gasteiger partial charge in [0.2, 0.25) is 0 Å². The zero-order valence-corrected chi connectivity index (χ0v) is 11.7. The van der Waals surface area contributed by atoms with Gasteiger partial charge in [0.05, 0.1) is 0 Å². The molecule has 1 atom stereocenters. The minimum atomic E-state index is 0. The van der Waals surface area contributed by atoms with E-state index in [0.29, 0.717) is 5.41 Å². The van der Waals surface area contributed by atoms with Crippen molar-refractivity contribution in [1.29, 1.82) is 0 Å². The predicted molar refractivity (Wildman–Crippen MR) is 75.8 cm³/mol. The maximum absolute atomic E-state index is 5.98. The molecule has 0 aromatic heterocycles. The van der Waals surface area contributed by atoms with Crippen molar-refractivity contribution in [3.63, 3.8) is 0 Å². The van der Waals surface area contributed by atoms with Gasteiger partial charge in [0.1, 0.15) is 0 Å². The third-order valence-electron chi connectivity index (χ3n) is 3.42. The molecule has 4 heteroatoms. The van der Waals surface area contributed by atoms with Crippen molar-refractivity contribution in [2.75, 3.05) is 19.6 Å². The molecular weight excluding hydrogens is 255 g/mol. The number of nitrogens with two attached hydrogens (primary N) is 1. The lowest BCUT2D eigenvalue weighted by atomic mass is 9.90. The fourth-order valence-electron chi connectivity index (χ4n) is 2.32. The second-order valence-corrected chi connectivity index (χ2v) is 5.54. The van der Waals surface area contributed by atoms with Crippen LogP contribution in [0.4, 0.5) is 0 Å². The van der Waals surface area contributed by atoms with Gasteiger partial charge in [0.25, 0.3) is 0 Å². The summed E-state index contributed by atoms with van der Waals surface area (Å²) in [6.07, 6.45) is 1.20. The minimum absolute atomic E-state index is 0. The van der Waals surface area contributed by atoms with Gasteiger partial charge in [-0.25, -0.2) is 0 Å². The number of rotatable bonds is 3. The zero-order valence-electron chi connectivity index (χ0n) is 10.2. The molecule has 96 valence electrons. The van der Waals surface area contributed by atoms with Crippen LogP contribution < -0.4 is 5.73 Å². The maximum atomic E-state index is 5.98. The van der Waals surface area contributed by atoms with E-state index in [-0.39, 0.29) is 12.4 Å². The molecule has 1 saturated heterocycles. The maximum Gasteiger partial charge on any atom is 0.0409 e. The first-order valence-electron chi connectivity index (χ1n) is 5.78. The molecule has 1 aromatic rings. The van der Waals surface area contributed by atoms with Gasteiger partial charge in [-0.2, -0.15) is 0 Å². The summed E-state index contributed by atoms with van der Waals surface area (Å²) >= 11 is 5.98. The summed E-state index contributed by atoms with van der Waals surface area (Å²) < 4.78 is 0.